The van der Waals surface area contributed by atoms with Crippen LogP contribution < -0.4 is 10.6 Å². The van der Waals surface area contributed by atoms with Crippen LogP contribution in [0.3, 0.4) is 0 Å². The van der Waals surface area contributed by atoms with E-state index in [1.165, 1.54) is 0 Å². The van der Waals surface area contributed by atoms with Crippen molar-refractivity contribution in [1.82, 2.24) is 20.5 Å². The lowest BCUT2D eigenvalue weighted by atomic mass is 10.0. The van der Waals surface area contributed by atoms with E-state index in [2.05, 4.69) is 21.7 Å². The van der Waals surface area contributed by atoms with Gasteiger partial charge in [0.15, 0.2) is 5.78 Å². The van der Waals surface area contributed by atoms with Crippen LogP contribution in [0.1, 0.15) is 37.0 Å². The number of nitriles is 1. The molecule has 1 aromatic heterocycles. The summed E-state index contributed by atoms with van der Waals surface area (Å²) in [5.74, 6) is -0.345. The van der Waals surface area contributed by atoms with E-state index in [1.807, 2.05) is 30.9 Å². The monoisotopic (exact) mass is 463 g/mol. The fourth-order valence-electron chi connectivity index (χ4n) is 3.73. The molecule has 0 bridgehead atoms. The number of rotatable bonds is 9. The fourth-order valence-corrected chi connectivity index (χ4v) is 3.73. The molecule has 34 heavy (non-hydrogen) atoms. The molecule has 2 aromatic rings. The number of pyridine rings is 1. The molecule has 2 heterocycles. The quantitative estimate of drug-likeness (QED) is 0.584. The number of Topliss-reactive ketones (excluding diaryl/α,β-unsaturated/α-hetero) is 1. The number of carbonyl (C=O) groups is 3. The third-order valence-electron chi connectivity index (χ3n) is 5.45. The molecule has 1 saturated heterocycles. The predicted molar refractivity (Wildman–Crippen MR) is 124 cm³/mol. The van der Waals surface area contributed by atoms with Crippen LogP contribution >= 0.6 is 0 Å². The average Bonchev–Trinajstić information content (AvgIpc) is 3.16. The highest BCUT2D eigenvalue weighted by Crippen LogP contribution is 2.13. The van der Waals surface area contributed by atoms with E-state index in [0.717, 1.165) is 11.1 Å². The van der Waals surface area contributed by atoms with Crippen molar-refractivity contribution >= 4 is 17.8 Å². The molecule has 0 saturated carbocycles. The maximum Gasteiger partial charge on any atom is 0.408 e. The number of nitrogens with one attached hydrogen (secondary N) is 2. The molecule has 0 aliphatic carbocycles. The second-order valence-electron chi connectivity index (χ2n) is 8.76. The van der Waals surface area contributed by atoms with E-state index >= 15 is 0 Å². The van der Waals surface area contributed by atoms with Gasteiger partial charge in [0.1, 0.15) is 18.7 Å². The Kier molecular flexibility index (Phi) is 8.71. The van der Waals surface area contributed by atoms with Gasteiger partial charge in [0, 0.05) is 25.5 Å². The number of carbonyl (C=O) groups excluding carboxylic acids is 3. The molecule has 1 aliphatic heterocycles. The summed E-state index contributed by atoms with van der Waals surface area (Å²) in [6.07, 6.45) is 2.92. The molecule has 2 N–H and O–H groups in total. The third kappa shape index (κ3) is 7.39. The minimum absolute atomic E-state index is 0.0653. The SMILES string of the molecule is CC(C)C[C@H](NC(=O)OCc1ccncc1)C(=O)NC1CN(Cc2ccc(C#N)cc2)CC1=O. The molecule has 0 radical (unpaired) electrons. The Morgan fingerprint density at radius 3 is 2.53 bits per heavy atom. The van der Waals surface area contributed by atoms with Crippen LogP contribution in [-0.4, -0.2) is 52.8 Å². The smallest absolute Gasteiger partial charge is 0.408 e. The molecule has 1 aromatic carbocycles. The molecule has 3 rings (SSSR count). The maximum atomic E-state index is 12.9. The van der Waals surface area contributed by atoms with Crippen molar-refractivity contribution in [3.63, 3.8) is 0 Å². The molecule has 9 heteroatoms. The molecule has 1 unspecified atom stereocenters. The molecule has 178 valence electrons. The van der Waals surface area contributed by atoms with Crippen molar-refractivity contribution in [3.8, 4) is 6.07 Å². The van der Waals surface area contributed by atoms with Crippen molar-refractivity contribution in [1.29, 1.82) is 5.26 Å². The number of hydrogen-bond donors (Lipinski definition) is 2. The number of nitrogens with zero attached hydrogens (tertiary/aromatic N) is 3. The van der Waals surface area contributed by atoms with Crippen LogP contribution in [0.5, 0.6) is 0 Å². The van der Waals surface area contributed by atoms with Crippen molar-refractivity contribution in [2.24, 2.45) is 5.92 Å². The number of benzene rings is 1. The second-order valence-corrected chi connectivity index (χ2v) is 8.76. The topological polar surface area (TPSA) is 124 Å². The summed E-state index contributed by atoms with van der Waals surface area (Å²) >= 11 is 0. The Labute approximate surface area is 199 Å². The van der Waals surface area contributed by atoms with Gasteiger partial charge in [0.25, 0.3) is 0 Å². The summed E-state index contributed by atoms with van der Waals surface area (Å²) in [6, 6.07) is 11.3. The second kappa shape index (κ2) is 11.9. The lowest BCUT2D eigenvalue weighted by Gasteiger charge is -2.22. The normalized spacial score (nSPS) is 16.6. The van der Waals surface area contributed by atoms with Gasteiger partial charge in [-0.05, 0) is 47.7 Å². The number of aromatic nitrogens is 1. The number of ketones is 1. The minimum Gasteiger partial charge on any atom is -0.445 e. The number of likely N-dealkylation sites (tertiary alicyclic amines) is 1. The first-order valence-corrected chi connectivity index (χ1v) is 11.2. The number of hydrogen-bond acceptors (Lipinski definition) is 7. The third-order valence-corrected chi connectivity index (χ3v) is 5.45. The molecule has 2 atom stereocenters. The van der Waals surface area contributed by atoms with E-state index in [-0.39, 0.29) is 24.9 Å². The van der Waals surface area contributed by atoms with E-state index < -0.39 is 24.1 Å². The van der Waals surface area contributed by atoms with Gasteiger partial charge in [0.2, 0.25) is 5.91 Å². The fraction of sp³-hybridized carbons (Fsp3) is 0.400. The van der Waals surface area contributed by atoms with Crippen molar-refractivity contribution in [2.75, 3.05) is 13.1 Å². The van der Waals surface area contributed by atoms with Crippen LogP contribution in [-0.2, 0) is 27.5 Å². The molecular formula is C25H29N5O4. The van der Waals surface area contributed by atoms with Gasteiger partial charge in [0.05, 0.1) is 18.2 Å². The molecule has 0 spiro atoms. The first-order valence-electron chi connectivity index (χ1n) is 11.2. The van der Waals surface area contributed by atoms with Gasteiger partial charge in [-0.15, -0.1) is 0 Å². The Hall–Kier alpha value is -3.77. The average molecular weight is 464 g/mol. The lowest BCUT2D eigenvalue weighted by molar-refractivity contribution is -0.127. The van der Waals surface area contributed by atoms with E-state index in [4.69, 9.17) is 10.00 Å². The summed E-state index contributed by atoms with van der Waals surface area (Å²) in [5.41, 5.74) is 2.35. The van der Waals surface area contributed by atoms with Crippen molar-refractivity contribution in [2.45, 2.75) is 45.5 Å². The van der Waals surface area contributed by atoms with Gasteiger partial charge in [-0.25, -0.2) is 4.79 Å². The summed E-state index contributed by atoms with van der Waals surface area (Å²) < 4.78 is 5.23. The number of ether oxygens (including phenoxy) is 1. The largest absolute Gasteiger partial charge is 0.445 e. The van der Waals surface area contributed by atoms with Crippen LogP contribution in [0.15, 0.2) is 48.8 Å². The van der Waals surface area contributed by atoms with Crippen LogP contribution in [0, 0.1) is 17.2 Å². The van der Waals surface area contributed by atoms with Gasteiger partial charge in [-0.1, -0.05) is 26.0 Å². The first kappa shape index (κ1) is 24.9. The van der Waals surface area contributed by atoms with Gasteiger partial charge in [-0.3, -0.25) is 19.5 Å². The van der Waals surface area contributed by atoms with Crippen molar-refractivity contribution < 1.29 is 19.1 Å². The maximum absolute atomic E-state index is 12.9. The summed E-state index contributed by atoms with van der Waals surface area (Å²) in [5, 5.41) is 14.3. The summed E-state index contributed by atoms with van der Waals surface area (Å²) in [6.45, 7) is 5.11. The first-order chi connectivity index (χ1) is 16.3. The highest BCUT2D eigenvalue weighted by molar-refractivity contribution is 5.94. The minimum atomic E-state index is -0.815. The molecule has 1 aliphatic rings. The van der Waals surface area contributed by atoms with E-state index in [9.17, 15) is 14.4 Å². The van der Waals surface area contributed by atoms with Crippen LogP contribution in [0.2, 0.25) is 0 Å². The lowest BCUT2D eigenvalue weighted by Crippen LogP contribution is -2.52. The van der Waals surface area contributed by atoms with Crippen LogP contribution in [0.25, 0.3) is 0 Å². The predicted octanol–water partition coefficient (Wildman–Crippen LogP) is 2.16. The standard InChI is InChI=1S/C25H29N5O4/c1-17(2)11-21(29-25(33)34-16-20-7-9-27-10-8-20)24(32)28-22-14-30(15-23(22)31)13-19-5-3-18(12-26)4-6-19/h3-10,17,21-22H,11,13-16H2,1-2H3,(H,28,32)(H,29,33)/t21-,22?/m0/s1. The Balaban J connectivity index is 1.53. The molecule has 2 amide bonds. The number of alkyl carbamates (subject to hydrolysis) is 1. The van der Waals surface area contributed by atoms with Gasteiger partial charge < -0.3 is 15.4 Å². The number of amides is 2. The Morgan fingerprint density at radius 1 is 1.18 bits per heavy atom. The summed E-state index contributed by atoms with van der Waals surface area (Å²) in [4.78, 5) is 43.6. The Morgan fingerprint density at radius 2 is 1.88 bits per heavy atom. The van der Waals surface area contributed by atoms with E-state index in [1.54, 1.807) is 36.7 Å². The zero-order valence-corrected chi connectivity index (χ0v) is 19.4. The van der Waals surface area contributed by atoms with E-state index in [0.29, 0.717) is 25.1 Å². The summed E-state index contributed by atoms with van der Waals surface area (Å²) in [7, 11) is 0. The van der Waals surface area contributed by atoms with Gasteiger partial charge in [-0.2, -0.15) is 5.26 Å². The zero-order chi connectivity index (χ0) is 24.5. The van der Waals surface area contributed by atoms with Gasteiger partial charge >= 0.3 is 6.09 Å². The molecule has 1 fully saturated rings. The zero-order valence-electron chi connectivity index (χ0n) is 19.4. The van der Waals surface area contributed by atoms with Crippen LogP contribution in [0.4, 0.5) is 4.79 Å². The van der Waals surface area contributed by atoms with Crippen molar-refractivity contribution in [3.05, 3.63) is 65.5 Å². The highest BCUT2D eigenvalue weighted by atomic mass is 16.5. The Bertz CT molecular complexity index is 1030. The molecular weight excluding hydrogens is 434 g/mol. The highest BCUT2D eigenvalue weighted by Gasteiger charge is 2.34. The molecule has 9 nitrogen and oxygen atoms in total.